The van der Waals surface area contributed by atoms with Crippen LogP contribution in [0.4, 0.5) is 0 Å². The van der Waals surface area contributed by atoms with Gasteiger partial charge in [0.15, 0.2) is 0 Å². The first-order valence-corrected chi connectivity index (χ1v) is 7.34. The zero-order chi connectivity index (χ0) is 12.2. The maximum Gasteiger partial charge on any atom is 0.109 e. The van der Waals surface area contributed by atoms with E-state index in [4.69, 9.17) is 0 Å². The normalized spacial score (nSPS) is 24.4. The lowest BCUT2D eigenvalue weighted by molar-refractivity contribution is 0.165. The Kier molecular flexibility index (Phi) is 3.96. The van der Waals surface area contributed by atoms with E-state index in [1.807, 2.05) is 12.4 Å². The molecule has 0 saturated carbocycles. The van der Waals surface area contributed by atoms with Crippen molar-refractivity contribution in [1.82, 2.24) is 20.2 Å². The Labute approximate surface area is 109 Å². The number of piperidine rings is 2. The Morgan fingerprint density at radius 3 is 2.61 bits per heavy atom. The molecule has 2 saturated heterocycles. The Morgan fingerprint density at radius 2 is 1.94 bits per heavy atom. The number of nitrogens with zero attached hydrogens (tertiary/aromatic N) is 2. The smallest absolute Gasteiger partial charge is 0.109 e. The summed E-state index contributed by atoms with van der Waals surface area (Å²) in [5.74, 6) is 2.77. The SMILES string of the molecule is c1c[nH]c(C2CCN(CC3CCNCC3)CC2)n1. The minimum Gasteiger partial charge on any atom is -0.348 e. The first kappa shape index (κ1) is 12.2. The van der Waals surface area contributed by atoms with E-state index in [-0.39, 0.29) is 0 Å². The highest BCUT2D eigenvalue weighted by Crippen LogP contribution is 2.26. The molecule has 0 aromatic carbocycles. The van der Waals surface area contributed by atoms with Gasteiger partial charge >= 0.3 is 0 Å². The van der Waals surface area contributed by atoms with Gasteiger partial charge in [-0.25, -0.2) is 4.98 Å². The number of rotatable bonds is 3. The summed E-state index contributed by atoms with van der Waals surface area (Å²) in [7, 11) is 0. The number of likely N-dealkylation sites (tertiary alicyclic amines) is 1. The molecule has 4 heteroatoms. The molecule has 0 bridgehead atoms. The highest BCUT2D eigenvalue weighted by atomic mass is 15.1. The van der Waals surface area contributed by atoms with E-state index in [0.717, 1.165) is 5.92 Å². The highest BCUT2D eigenvalue weighted by Gasteiger charge is 2.24. The van der Waals surface area contributed by atoms with Crippen LogP contribution in [-0.4, -0.2) is 47.6 Å². The lowest BCUT2D eigenvalue weighted by atomic mass is 9.93. The van der Waals surface area contributed by atoms with Crippen molar-refractivity contribution in [3.05, 3.63) is 18.2 Å². The summed E-state index contributed by atoms with van der Waals surface area (Å²) < 4.78 is 0. The van der Waals surface area contributed by atoms with Crippen LogP contribution in [0.1, 0.15) is 37.4 Å². The second-order valence-corrected chi connectivity index (χ2v) is 5.74. The fourth-order valence-corrected chi connectivity index (χ4v) is 3.32. The minimum absolute atomic E-state index is 0.657. The molecular formula is C14H24N4. The Morgan fingerprint density at radius 1 is 1.17 bits per heavy atom. The molecule has 2 fully saturated rings. The zero-order valence-electron chi connectivity index (χ0n) is 11.1. The van der Waals surface area contributed by atoms with E-state index in [0.29, 0.717) is 5.92 Å². The van der Waals surface area contributed by atoms with Crippen molar-refractivity contribution in [2.24, 2.45) is 5.92 Å². The maximum atomic E-state index is 4.40. The molecule has 0 atom stereocenters. The lowest BCUT2D eigenvalue weighted by Crippen LogP contribution is -2.40. The molecule has 0 spiro atoms. The second-order valence-electron chi connectivity index (χ2n) is 5.74. The van der Waals surface area contributed by atoms with Gasteiger partial charge in [0.05, 0.1) is 0 Å². The van der Waals surface area contributed by atoms with Crippen molar-refractivity contribution < 1.29 is 0 Å². The average Bonchev–Trinajstić information content (AvgIpc) is 2.95. The summed E-state index contributed by atoms with van der Waals surface area (Å²) in [6.45, 7) is 6.23. The Balaban J connectivity index is 1.45. The van der Waals surface area contributed by atoms with E-state index in [9.17, 15) is 0 Å². The molecule has 18 heavy (non-hydrogen) atoms. The summed E-state index contributed by atoms with van der Waals surface area (Å²) in [5, 5.41) is 3.45. The first-order chi connectivity index (χ1) is 8.92. The molecule has 0 unspecified atom stereocenters. The third kappa shape index (κ3) is 2.93. The number of aromatic nitrogens is 2. The van der Waals surface area contributed by atoms with Crippen LogP contribution in [0.3, 0.4) is 0 Å². The number of nitrogens with one attached hydrogen (secondary N) is 2. The van der Waals surface area contributed by atoms with Gasteiger partial charge in [0, 0.05) is 24.9 Å². The number of H-pyrrole nitrogens is 1. The molecule has 0 radical (unpaired) electrons. The maximum absolute atomic E-state index is 4.40. The molecule has 2 N–H and O–H groups in total. The van der Waals surface area contributed by atoms with Crippen molar-refractivity contribution in [2.75, 3.05) is 32.7 Å². The molecule has 2 aliphatic rings. The third-order valence-corrected chi connectivity index (χ3v) is 4.47. The summed E-state index contributed by atoms with van der Waals surface area (Å²) in [6.07, 6.45) is 9.06. The first-order valence-electron chi connectivity index (χ1n) is 7.34. The standard InChI is InChI=1S/C14H24N4/c1-5-15-6-2-12(1)11-18-9-3-13(4-10-18)14-16-7-8-17-14/h7-8,12-13,15H,1-6,9-11H2,(H,16,17). The van der Waals surface area contributed by atoms with Crippen molar-refractivity contribution in [3.8, 4) is 0 Å². The quantitative estimate of drug-likeness (QED) is 0.854. The molecule has 3 heterocycles. The summed E-state index contributed by atoms with van der Waals surface area (Å²) in [4.78, 5) is 10.3. The van der Waals surface area contributed by atoms with Gasteiger partial charge in [-0.1, -0.05) is 0 Å². The van der Waals surface area contributed by atoms with Crippen LogP contribution in [-0.2, 0) is 0 Å². The summed E-state index contributed by atoms with van der Waals surface area (Å²) in [6, 6.07) is 0. The van der Waals surface area contributed by atoms with Crippen molar-refractivity contribution in [1.29, 1.82) is 0 Å². The van der Waals surface area contributed by atoms with Gasteiger partial charge in [-0.15, -0.1) is 0 Å². The van der Waals surface area contributed by atoms with Crippen LogP contribution in [0.15, 0.2) is 12.4 Å². The fourth-order valence-electron chi connectivity index (χ4n) is 3.32. The molecule has 100 valence electrons. The summed E-state index contributed by atoms with van der Waals surface area (Å²) in [5.41, 5.74) is 0. The molecule has 1 aromatic heterocycles. The average molecular weight is 248 g/mol. The highest BCUT2D eigenvalue weighted by molar-refractivity contribution is 4.99. The van der Waals surface area contributed by atoms with Crippen LogP contribution in [0.5, 0.6) is 0 Å². The molecule has 3 rings (SSSR count). The molecule has 2 aliphatic heterocycles. The molecule has 0 aliphatic carbocycles. The Bertz CT molecular complexity index is 335. The van der Waals surface area contributed by atoms with Gasteiger partial charge in [0.25, 0.3) is 0 Å². The van der Waals surface area contributed by atoms with E-state index < -0.39 is 0 Å². The van der Waals surface area contributed by atoms with Crippen molar-refractivity contribution in [2.45, 2.75) is 31.6 Å². The number of hydrogen-bond donors (Lipinski definition) is 2. The predicted octanol–water partition coefficient (Wildman–Crippen LogP) is 1.59. The largest absolute Gasteiger partial charge is 0.348 e. The van der Waals surface area contributed by atoms with Gasteiger partial charge in [-0.2, -0.15) is 0 Å². The molecule has 0 amide bonds. The van der Waals surface area contributed by atoms with Crippen LogP contribution in [0, 0.1) is 5.92 Å². The van der Waals surface area contributed by atoms with Crippen LogP contribution in [0.25, 0.3) is 0 Å². The number of hydrogen-bond acceptors (Lipinski definition) is 3. The van der Waals surface area contributed by atoms with Gasteiger partial charge in [0.2, 0.25) is 0 Å². The Hall–Kier alpha value is -0.870. The van der Waals surface area contributed by atoms with Crippen LogP contribution in [0.2, 0.25) is 0 Å². The van der Waals surface area contributed by atoms with E-state index in [1.165, 1.54) is 64.2 Å². The zero-order valence-corrected chi connectivity index (χ0v) is 11.1. The monoisotopic (exact) mass is 248 g/mol. The second kappa shape index (κ2) is 5.85. The van der Waals surface area contributed by atoms with Gasteiger partial charge in [0.1, 0.15) is 5.82 Å². The van der Waals surface area contributed by atoms with Crippen molar-refractivity contribution in [3.63, 3.8) is 0 Å². The molecule has 1 aromatic rings. The van der Waals surface area contributed by atoms with Gasteiger partial charge < -0.3 is 15.2 Å². The number of aromatic amines is 1. The van der Waals surface area contributed by atoms with E-state index in [2.05, 4.69) is 20.2 Å². The van der Waals surface area contributed by atoms with Crippen LogP contribution < -0.4 is 5.32 Å². The summed E-state index contributed by atoms with van der Waals surface area (Å²) >= 11 is 0. The van der Waals surface area contributed by atoms with E-state index >= 15 is 0 Å². The number of imidazole rings is 1. The van der Waals surface area contributed by atoms with Crippen molar-refractivity contribution >= 4 is 0 Å². The molecular weight excluding hydrogens is 224 g/mol. The van der Waals surface area contributed by atoms with Gasteiger partial charge in [-0.3, -0.25) is 0 Å². The fraction of sp³-hybridized carbons (Fsp3) is 0.786. The minimum atomic E-state index is 0.657. The topological polar surface area (TPSA) is 44.0 Å². The predicted molar refractivity (Wildman–Crippen MR) is 72.6 cm³/mol. The molecule has 4 nitrogen and oxygen atoms in total. The third-order valence-electron chi connectivity index (χ3n) is 4.47. The van der Waals surface area contributed by atoms with Crippen LogP contribution >= 0.6 is 0 Å². The van der Waals surface area contributed by atoms with Gasteiger partial charge in [-0.05, 0) is 57.8 Å². The van der Waals surface area contributed by atoms with E-state index in [1.54, 1.807) is 0 Å². The lowest BCUT2D eigenvalue weighted by Gasteiger charge is -2.34.